The fourth-order valence-corrected chi connectivity index (χ4v) is 1.59. The van der Waals surface area contributed by atoms with Crippen LogP contribution in [0.4, 0.5) is 0 Å². The number of rotatable bonds is 4. The molecule has 2 aromatic rings. The number of aromatic nitrogens is 3. The van der Waals surface area contributed by atoms with Gasteiger partial charge in [0, 0.05) is 18.8 Å². The van der Waals surface area contributed by atoms with E-state index in [1.807, 2.05) is 20.9 Å². The van der Waals surface area contributed by atoms with Crippen molar-refractivity contribution in [3.05, 3.63) is 29.7 Å². The first kappa shape index (κ1) is 18.6. The first-order valence-corrected chi connectivity index (χ1v) is 5.88. The maximum Gasteiger partial charge on any atom is 0.252 e. The van der Waals surface area contributed by atoms with Gasteiger partial charge in [0.05, 0.1) is 5.56 Å². The van der Waals surface area contributed by atoms with Crippen LogP contribution < -0.4 is 10.6 Å². The van der Waals surface area contributed by atoms with Crippen LogP contribution in [0.5, 0.6) is 0 Å². The van der Waals surface area contributed by atoms with Gasteiger partial charge in [0.15, 0.2) is 5.65 Å². The Morgan fingerprint density at radius 2 is 2.05 bits per heavy atom. The molecule has 2 N–H and O–H groups in total. The molecule has 0 saturated carbocycles. The summed E-state index contributed by atoms with van der Waals surface area (Å²) in [6, 6.07) is 3.79. The third-order valence-corrected chi connectivity index (χ3v) is 2.90. The normalized spacial score (nSPS) is 11.3. The van der Waals surface area contributed by atoms with Gasteiger partial charge in [-0.2, -0.15) is 0 Å². The first-order valence-electron chi connectivity index (χ1n) is 5.88. The Labute approximate surface area is 130 Å². The van der Waals surface area contributed by atoms with Crippen molar-refractivity contribution >= 4 is 36.4 Å². The third kappa shape index (κ3) is 4.06. The minimum atomic E-state index is -0.0906. The van der Waals surface area contributed by atoms with Gasteiger partial charge < -0.3 is 10.6 Å². The second-order valence-electron chi connectivity index (χ2n) is 4.29. The molecule has 1 unspecified atom stereocenters. The molecule has 1 atom stereocenters. The number of likely N-dealkylation sites (N-methyl/N-ethyl adjacent to an activating group) is 1. The molecule has 0 saturated heterocycles. The Kier molecular flexibility index (Phi) is 7.49. The lowest BCUT2D eigenvalue weighted by Gasteiger charge is -2.11. The van der Waals surface area contributed by atoms with Gasteiger partial charge >= 0.3 is 0 Å². The van der Waals surface area contributed by atoms with Crippen LogP contribution >= 0.6 is 24.8 Å². The zero-order chi connectivity index (χ0) is 13.1. The second-order valence-corrected chi connectivity index (χ2v) is 4.29. The minimum absolute atomic E-state index is 0. The smallest absolute Gasteiger partial charge is 0.252 e. The summed E-state index contributed by atoms with van der Waals surface area (Å²) in [6.07, 6.45) is 1.75. The lowest BCUT2D eigenvalue weighted by Crippen LogP contribution is -2.37. The number of hydrogen-bond acceptors (Lipinski definition) is 4. The van der Waals surface area contributed by atoms with Crippen molar-refractivity contribution in [2.75, 3.05) is 13.6 Å². The summed E-state index contributed by atoms with van der Waals surface area (Å²) in [6.45, 7) is 4.45. The van der Waals surface area contributed by atoms with Crippen molar-refractivity contribution in [1.82, 2.24) is 25.2 Å². The van der Waals surface area contributed by atoms with Gasteiger partial charge in [-0.15, -0.1) is 35.0 Å². The van der Waals surface area contributed by atoms with E-state index in [9.17, 15) is 4.79 Å². The van der Waals surface area contributed by atoms with Gasteiger partial charge in [-0.25, -0.2) is 0 Å². The number of carbonyl (C=O) groups excluding carboxylic acids is 1. The standard InChI is InChI=1S/C12H17N5O.2ClH/c1-8(13-3)6-14-12(18)10-4-5-11-16-15-9(2)17(11)7-10;;/h4-5,7-8,13H,6H2,1-3H3,(H,14,18);2*1H. The van der Waals surface area contributed by atoms with Gasteiger partial charge in [-0.1, -0.05) is 0 Å². The molecule has 2 aromatic heterocycles. The largest absolute Gasteiger partial charge is 0.350 e. The lowest BCUT2D eigenvalue weighted by atomic mass is 10.2. The van der Waals surface area contributed by atoms with Crippen molar-refractivity contribution in [1.29, 1.82) is 0 Å². The van der Waals surface area contributed by atoms with Crippen LogP contribution in [0, 0.1) is 6.92 Å². The zero-order valence-electron chi connectivity index (χ0n) is 11.6. The molecule has 1 amide bonds. The van der Waals surface area contributed by atoms with E-state index < -0.39 is 0 Å². The quantitative estimate of drug-likeness (QED) is 0.889. The predicted molar refractivity (Wildman–Crippen MR) is 83.1 cm³/mol. The molecule has 0 aliphatic carbocycles. The van der Waals surface area contributed by atoms with Crippen molar-refractivity contribution in [3.63, 3.8) is 0 Å². The number of halogens is 2. The number of nitrogens with zero attached hydrogens (tertiary/aromatic N) is 3. The Morgan fingerprint density at radius 1 is 1.35 bits per heavy atom. The molecule has 6 nitrogen and oxygen atoms in total. The average Bonchev–Trinajstić information content (AvgIpc) is 2.76. The monoisotopic (exact) mass is 319 g/mol. The molecule has 0 bridgehead atoms. The highest BCUT2D eigenvalue weighted by molar-refractivity contribution is 5.94. The van der Waals surface area contributed by atoms with E-state index in [1.54, 1.807) is 22.7 Å². The van der Waals surface area contributed by atoms with Crippen LogP contribution in [0.15, 0.2) is 18.3 Å². The Morgan fingerprint density at radius 3 is 2.70 bits per heavy atom. The molecule has 0 aliphatic rings. The first-order chi connectivity index (χ1) is 8.61. The highest BCUT2D eigenvalue weighted by Gasteiger charge is 2.09. The fourth-order valence-electron chi connectivity index (χ4n) is 1.59. The van der Waals surface area contributed by atoms with Crippen LogP contribution in [0.25, 0.3) is 5.65 Å². The van der Waals surface area contributed by atoms with E-state index >= 15 is 0 Å². The van der Waals surface area contributed by atoms with E-state index in [2.05, 4.69) is 20.8 Å². The maximum atomic E-state index is 11.9. The summed E-state index contributed by atoms with van der Waals surface area (Å²) < 4.78 is 1.80. The van der Waals surface area contributed by atoms with Gasteiger partial charge in [-0.3, -0.25) is 9.20 Å². The molecule has 8 heteroatoms. The molecule has 112 valence electrons. The molecule has 2 heterocycles. The van der Waals surface area contributed by atoms with E-state index in [0.717, 1.165) is 11.5 Å². The summed E-state index contributed by atoms with van der Waals surface area (Å²) in [4.78, 5) is 11.9. The fraction of sp³-hybridized carbons (Fsp3) is 0.417. The van der Waals surface area contributed by atoms with E-state index in [4.69, 9.17) is 0 Å². The molecule has 0 spiro atoms. The molecule has 20 heavy (non-hydrogen) atoms. The van der Waals surface area contributed by atoms with Gasteiger partial charge in [-0.05, 0) is 33.0 Å². The SMILES string of the molecule is CNC(C)CNC(=O)c1ccc2nnc(C)n2c1.Cl.Cl. The zero-order valence-corrected chi connectivity index (χ0v) is 13.2. The predicted octanol–water partition coefficient (Wildman–Crippen LogP) is 1.22. The Hall–Kier alpha value is -1.37. The second kappa shape index (κ2) is 8.04. The van der Waals surface area contributed by atoms with Crippen LogP contribution in [0.1, 0.15) is 23.1 Å². The van der Waals surface area contributed by atoms with E-state index in [1.165, 1.54) is 0 Å². The van der Waals surface area contributed by atoms with Crippen molar-refractivity contribution < 1.29 is 4.79 Å². The average molecular weight is 320 g/mol. The van der Waals surface area contributed by atoms with Crippen LogP contribution in [0.3, 0.4) is 0 Å². The molecule has 0 fully saturated rings. The third-order valence-electron chi connectivity index (χ3n) is 2.90. The maximum absolute atomic E-state index is 11.9. The number of hydrogen-bond donors (Lipinski definition) is 2. The summed E-state index contributed by atoms with van der Waals surface area (Å²) in [7, 11) is 1.86. The molecular formula is C12H19Cl2N5O. The van der Waals surface area contributed by atoms with Crippen LogP contribution in [-0.2, 0) is 0 Å². The summed E-state index contributed by atoms with van der Waals surface area (Å²) in [5, 5.41) is 13.9. The highest BCUT2D eigenvalue weighted by atomic mass is 35.5. The summed E-state index contributed by atoms with van der Waals surface area (Å²) in [5.41, 5.74) is 1.35. The number of aryl methyl sites for hydroxylation is 1. The molecule has 2 rings (SSSR count). The summed E-state index contributed by atoms with van der Waals surface area (Å²) >= 11 is 0. The van der Waals surface area contributed by atoms with Gasteiger partial charge in [0.1, 0.15) is 5.82 Å². The van der Waals surface area contributed by atoms with Crippen molar-refractivity contribution in [2.24, 2.45) is 0 Å². The molecule has 0 aromatic carbocycles. The van der Waals surface area contributed by atoms with Crippen LogP contribution in [0.2, 0.25) is 0 Å². The van der Waals surface area contributed by atoms with E-state index in [-0.39, 0.29) is 36.8 Å². The van der Waals surface area contributed by atoms with E-state index in [0.29, 0.717) is 12.1 Å². The molecule has 0 radical (unpaired) electrons. The highest BCUT2D eigenvalue weighted by Crippen LogP contribution is 2.06. The van der Waals surface area contributed by atoms with Crippen molar-refractivity contribution in [3.8, 4) is 0 Å². The Balaban J connectivity index is 0.00000180. The number of amides is 1. The minimum Gasteiger partial charge on any atom is -0.350 e. The summed E-state index contributed by atoms with van der Waals surface area (Å²) in [5.74, 6) is 0.676. The van der Waals surface area contributed by atoms with Gasteiger partial charge in [0.25, 0.3) is 5.91 Å². The topological polar surface area (TPSA) is 71.3 Å². The van der Waals surface area contributed by atoms with Crippen molar-refractivity contribution in [2.45, 2.75) is 19.9 Å². The number of pyridine rings is 1. The Bertz CT molecular complexity index is 572. The van der Waals surface area contributed by atoms with Crippen LogP contribution in [-0.4, -0.2) is 40.1 Å². The molecular weight excluding hydrogens is 301 g/mol. The number of nitrogens with one attached hydrogen (secondary N) is 2. The number of carbonyl (C=O) groups is 1. The number of fused-ring (bicyclic) bond motifs is 1. The lowest BCUT2D eigenvalue weighted by molar-refractivity contribution is 0.0950. The molecule has 0 aliphatic heterocycles. The van der Waals surface area contributed by atoms with Gasteiger partial charge in [0.2, 0.25) is 0 Å².